The lowest BCUT2D eigenvalue weighted by molar-refractivity contribution is -0.164. The molecule has 1 unspecified atom stereocenters. The molecule has 2 aromatic rings. The van der Waals surface area contributed by atoms with Crippen molar-refractivity contribution in [3.05, 3.63) is 90.5 Å². The molecule has 1 aliphatic heterocycles. The van der Waals surface area contributed by atoms with Crippen molar-refractivity contribution < 1.29 is 24.1 Å². The summed E-state index contributed by atoms with van der Waals surface area (Å²) in [5.74, 6) is 1.02. The van der Waals surface area contributed by atoms with Gasteiger partial charge in [-0.2, -0.15) is 0 Å². The van der Waals surface area contributed by atoms with Gasteiger partial charge in [-0.15, -0.1) is 6.58 Å². The second kappa shape index (κ2) is 13.4. The van der Waals surface area contributed by atoms with Gasteiger partial charge >= 0.3 is 0 Å². The third-order valence-electron chi connectivity index (χ3n) is 6.29. The highest BCUT2D eigenvalue weighted by molar-refractivity contribution is 5.26. The van der Waals surface area contributed by atoms with Gasteiger partial charge in [-0.25, -0.2) is 0 Å². The molecule has 0 aromatic heterocycles. The average molecular weight is 467 g/mol. The number of benzene rings is 2. The van der Waals surface area contributed by atoms with E-state index in [-0.39, 0.29) is 24.0 Å². The molecule has 6 atom stereocenters. The molecule has 0 saturated carbocycles. The van der Waals surface area contributed by atoms with E-state index in [4.69, 9.17) is 18.9 Å². The Morgan fingerprint density at radius 1 is 1.09 bits per heavy atom. The summed E-state index contributed by atoms with van der Waals surface area (Å²) in [5, 5.41) is 10.8. The SMILES string of the molecule is C=CC(O)[C@@H]1O[C@H]([C@H](C)COCc2ccccc2)C/C=C\[C@H](C)[C@H]1OCc1ccc(OC)cc1. The lowest BCUT2D eigenvalue weighted by Crippen LogP contribution is -2.47. The molecule has 3 rings (SSSR count). The number of methoxy groups -OCH3 is 1. The number of hydrogen-bond donors (Lipinski definition) is 1. The molecule has 0 fully saturated rings. The summed E-state index contributed by atoms with van der Waals surface area (Å²) in [6.45, 7) is 9.56. The Bertz CT molecular complexity index is 879. The lowest BCUT2D eigenvalue weighted by Gasteiger charge is -2.38. The van der Waals surface area contributed by atoms with Crippen molar-refractivity contribution in [2.75, 3.05) is 13.7 Å². The first-order valence-electron chi connectivity index (χ1n) is 12.0. The van der Waals surface area contributed by atoms with Crippen LogP contribution in [-0.4, -0.2) is 43.2 Å². The molecular weight excluding hydrogens is 428 g/mol. The predicted octanol–water partition coefficient (Wildman–Crippen LogP) is 5.33. The number of rotatable bonds is 11. The smallest absolute Gasteiger partial charge is 0.118 e. The van der Waals surface area contributed by atoms with Crippen molar-refractivity contribution in [2.24, 2.45) is 11.8 Å². The quantitative estimate of drug-likeness (QED) is 0.454. The van der Waals surface area contributed by atoms with Gasteiger partial charge in [0.25, 0.3) is 0 Å². The van der Waals surface area contributed by atoms with Gasteiger partial charge in [0, 0.05) is 11.8 Å². The zero-order valence-electron chi connectivity index (χ0n) is 20.5. The highest BCUT2D eigenvalue weighted by Gasteiger charge is 2.36. The largest absolute Gasteiger partial charge is 0.497 e. The molecule has 0 saturated heterocycles. The van der Waals surface area contributed by atoms with Crippen molar-refractivity contribution in [1.29, 1.82) is 0 Å². The Kier molecular flexibility index (Phi) is 10.4. The van der Waals surface area contributed by atoms with E-state index in [1.807, 2.05) is 42.5 Å². The standard InChI is InChI=1S/C29H38O5/c1-5-26(30)29-28(33-20-24-14-16-25(31-4)17-15-24)21(2)10-9-13-27(34-29)22(3)18-32-19-23-11-7-6-8-12-23/h5-12,14-17,21-22,26-30H,1,13,18-20H2,2-4H3/b10-9-/t21-,22+,26?,27-,28+,29-/m0/s1. The van der Waals surface area contributed by atoms with Crippen molar-refractivity contribution in [3.8, 4) is 5.75 Å². The summed E-state index contributed by atoms with van der Waals surface area (Å²) in [6, 6.07) is 17.9. The number of ether oxygens (including phenoxy) is 4. The third kappa shape index (κ3) is 7.54. The van der Waals surface area contributed by atoms with E-state index in [9.17, 15) is 5.11 Å². The monoisotopic (exact) mass is 466 g/mol. The van der Waals surface area contributed by atoms with Crippen LogP contribution in [0.2, 0.25) is 0 Å². The molecular formula is C29H38O5. The fraction of sp³-hybridized carbons (Fsp3) is 0.448. The number of aliphatic hydroxyl groups is 1. The Balaban J connectivity index is 1.65. The van der Waals surface area contributed by atoms with Crippen molar-refractivity contribution in [3.63, 3.8) is 0 Å². The first-order chi connectivity index (χ1) is 16.5. The van der Waals surface area contributed by atoms with Gasteiger partial charge in [0.05, 0.1) is 39.1 Å². The topological polar surface area (TPSA) is 57.2 Å². The maximum absolute atomic E-state index is 10.8. The van der Waals surface area contributed by atoms with Crippen LogP contribution in [0, 0.1) is 11.8 Å². The Morgan fingerprint density at radius 3 is 2.47 bits per heavy atom. The Hall–Kier alpha value is -2.44. The Morgan fingerprint density at radius 2 is 1.79 bits per heavy atom. The summed E-state index contributed by atoms with van der Waals surface area (Å²) in [6.07, 6.45) is 4.80. The molecule has 0 amide bonds. The fourth-order valence-corrected chi connectivity index (χ4v) is 4.15. The Labute approximate surface area is 204 Å². The zero-order valence-corrected chi connectivity index (χ0v) is 20.5. The summed E-state index contributed by atoms with van der Waals surface area (Å²) in [5.41, 5.74) is 2.18. The molecule has 5 heteroatoms. The molecule has 0 bridgehead atoms. The van der Waals surface area contributed by atoms with E-state index in [0.29, 0.717) is 19.8 Å². The van der Waals surface area contributed by atoms with Crippen LogP contribution in [0.15, 0.2) is 79.4 Å². The first-order valence-corrected chi connectivity index (χ1v) is 12.0. The molecule has 1 heterocycles. The van der Waals surface area contributed by atoms with Gasteiger partial charge < -0.3 is 24.1 Å². The van der Waals surface area contributed by atoms with E-state index in [1.165, 1.54) is 6.08 Å². The van der Waals surface area contributed by atoms with Crippen LogP contribution in [0.3, 0.4) is 0 Å². The molecule has 2 aromatic carbocycles. The normalized spacial score (nSPS) is 25.5. The zero-order chi connectivity index (χ0) is 24.3. The van der Waals surface area contributed by atoms with Crippen LogP contribution in [0.4, 0.5) is 0 Å². The van der Waals surface area contributed by atoms with Crippen molar-refractivity contribution in [1.82, 2.24) is 0 Å². The lowest BCUT2D eigenvalue weighted by atomic mass is 9.91. The molecule has 184 valence electrons. The molecule has 0 aliphatic carbocycles. The van der Waals surface area contributed by atoms with E-state index < -0.39 is 12.2 Å². The minimum Gasteiger partial charge on any atom is -0.497 e. The molecule has 0 spiro atoms. The molecule has 5 nitrogen and oxygen atoms in total. The minimum atomic E-state index is -0.838. The highest BCUT2D eigenvalue weighted by Crippen LogP contribution is 2.28. The fourth-order valence-electron chi connectivity index (χ4n) is 4.15. The summed E-state index contributed by atoms with van der Waals surface area (Å²) < 4.78 is 24.1. The van der Waals surface area contributed by atoms with Crippen LogP contribution in [-0.2, 0) is 27.4 Å². The van der Waals surface area contributed by atoms with Crippen molar-refractivity contribution >= 4 is 0 Å². The maximum Gasteiger partial charge on any atom is 0.118 e. The van der Waals surface area contributed by atoms with Gasteiger partial charge in [0.15, 0.2) is 0 Å². The second-order valence-corrected chi connectivity index (χ2v) is 8.99. The van der Waals surface area contributed by atoms with Gasteiger partial charge in [0.2, 0.25) is 0 Å². The molecule has 1 N–H and O–H groups in total. The predicted molar refractivity (Wildman–Crippen MR) is 135 cm³/mol. The highest BCUT2D eigenvalue weighted by atomic mass is 16.6. The summed E-state index contributed by atoms with van der Waals surface area (Å²) in [7, 11) is 1.65. The van der Waals surface area contributed by atoms with Crippen LogP contribution in [0.25, 0.3) is 0 Å². The summed E-state index contributed by atoms with van der Waals surface area (Å²) >= 11 is 0. The average Bonchev–Trinajstić information content (AvgIpc) is 2.86. The summed E-state index contributed by atoms with van der Waals surface area (Å²) in [4.78, 5) is 0. The maximum atomic E-state index is 10.8. The molecule has 1 aliphatic rings. The van der Waals surface area contributed by atoms with Crippen LogP contribution < -0.4 is 4.74 Å². The number of aliphatic hydroxyl groups excluding tert-OH is 1. The van der Waals surface area contributed by atoms with E-state index in [2.05, 4.69) is 44.7 Å². The number of hydrogen-bond acceptors (Lipinski definition) is 5. The minimum absolute atomic E-state index is 0.0726. The second-order valence-electron chi connectivity index (χ2n) is 8.99. The van der Waals surface area contributed by atoms with E-state index >= 15 is 0 Å². The van der Waals surface area contributed by atoms with E-state index in [1.54, 1.807) is 7.11 Å². The third-order valence-corrected chi connectivity index (χ3v) is 6.29. The van der Waals surface area contributed by atoms with Gasteiger partial charge in [-0.1, -0.05) is 74.5 Å². The van der Waals surface area contributed by atoms with E-state index in [0.717, 1.165) is 23.3 Å². The van der Waals surface area contributed by atoms with Crippen molar-refractivity contribution in [2.45, 2.75) is 57.9 Å². The molecule has 0 radical (unpaired) electrons. The van der Waals surface area contributed by atoms with Gasteiger partial charge in [0.1, 0.15) is 18.0 Å². The van der Waals surface area contributed by atoms with Crippen LogP contribution >= 0.6 is 0 Å². The first kappa shape index (κ1) is 26.2. The van der Waals surface area contributed by atoms with Gasteiger partial charge in [-0.3, -0.25) is 0 Å². The van der Waals surface area contributed by atoms with Gasteiger partial charge in [-0.05, 0) is 29.7 Å². The van der Waals surface area contributed by atoms with Crippen LogP contribution in [0.5, 0.6) is 5.75 Å². The van der Waals surface area contributed by atoms with Crippen LogP contribution in [0.1, 0.15) is 31.4 Å². The molecule has 34 heavy (non-hydrogen) atoms.